The molecule has 1 aromatic heterocycles. The number of nitrogens with one attached hydrogen (secondary N) is 1. The molecule has 3 heterocycles. The molecule has 1 unspecified atom stereocenters. The van der Waals surface area contributed by atoms with Crippen molar-refractivity contribution in [2.45, 2.75) is 37.3 Å². The van der Waals surface area contributed by atoms with Gasteiger partial charge >= 0.3 is 0 Å². The fourth-order valence-corrected chi connectivity index (χ4v) is 4.97. The van der Waals surface area contributed by atoms with Crippen LogP contribution in [0.25, 0.3) is 0 Å². The fourth-order valence-electron chi connectivity index (χ4n) is 4.97. The second-order valence-electron chi connectivity index (χ2n) is 9.15. The van der Waals surface area contributed by atoms with Crippen molar-refractivity contribution in [3.8, 4) is 5.75 Å². The summed E-state index contributed by atoms with van der Waals surface area (Å²) in [5.41, 5.74) is 3.55. The standard InChI is InChI=1S/C26H30N4O2/c1-29-14-12-26(13-15-29)17-22(20-10-6-7-11-24(20)32-26)28-25(31)21-18-27-30(2)23(21)16-19-8-4-3-5-9-19/h3-11,18,22H,12-17H2,1-2H3,(H,28,31). The smallest absolute Gasteiger partial charge is 0.255 e. The molecule has 0 radical (unpaired) electrons. The molecule has 6 heteroatoms. The van der Waals surface area contributed by atoms with E-state index in [-0.39, 0.29) is 17.6 Å². The van der Waals surface area contributed by atoms with Crippen LogP contribution in [0, 0.1) is 0 Å². The molecule has 1 amide bonds. The first-order chi connectivity index (χ1) is 15.5. The third-order valence-electron chi connectivity index (χ3n) is 6.92. The van der Waals surface area contributed by atoms with Gasteiger partial charge in [-0.15, -0.1) is 0 Å². The van der Waals surface area contributed by atoms with E-state index in [9.17, 15) is 4.79 Å². The normalized spacial score (nSPS) is 19.9. The van der Waals surface area contributed by atoms with E-state index in [1.807, 2.05) is 43.4 Å². The molecule has 1 atom stereocenters. The van der Waals surface area contributed by atoms with Crippen LogP contribution in [-0.2, 0) is 13.5 Å². The molecule has 5 rings (SSSR count). The van der Waals surface area contributed by atoms with Crippen molar-refractivity contribution in [2.24, 2.45) is 7.05 Å². The highest BCUT2D eigenvalue weighted by Crippen LogP contribution is 2.44. The maximum Gasteiger partial charge on any atom is 0.255 e. The van der Waals surface area contributed by atoms with Gasteiger partial charge in [-0.25, -0.2) is 0 Å². The average Bonchev–Trinajstić information content (AvgIpc) is 3.17. The zero-order chi connectivity index (χ0) is 22.1. The van der Waals surface area contributed by atoms with Gasteiger partial charge in [-0.3, -0.25) is 9.48 Å². The van der Waals surface area contributed by atoms with Crippen molar-refractivity contribution in [3.05, 3.63) is 83.2 Å². The molecule has 2 aliphatic rings. The van der Waals surface area contributed by atoms with Crippen LogP contribution in [0.4, 0.5) is 0 Å². The number of fused-ring (bicyclic) bond motifs is 1. The highest BCUT2D eigenvalue weighted by atomic mass is 16.5. The Hall–Kier alpha value is -3.12. The van der Waals surface area contributed by atoms with E-state index in [1.54, 1.807) is 10.9 Å². The van der Waals surface area contributed by atoms with Gasteiger partial charge in [0.15, 0.2) is 0 Å². The summed E-state index contributed by atoms with van der Waals surface area (Å²) in [7, 11) is 4.05. The number of benzene rings is 2. The number of amides is 1. The number of piperidine rings is 1. The minimum absolute atomic E-state index is 0.0752. The Morgan fingerprint density at radius 1 is 1.09 bits per heavy atom. The summed E-state index contributed by atoms with van der Waals surface area (Å²) in [5, 5.41) is 7.72. The lowest BCUT2D eigenvalue weighted by atomic mass is 9.80. The summed E-state index contributed by atoms with van der Waals surface area (Å²) in [5.74, 6) is 0.818. The summed E-state index contributed by atoms with van der Waals surface area (Å²) in [6, 6.07) is 18.2. The number of para-hydroxylation sites is 1. The zero-order valence-electron chi connectivity index (χ0n) is 18.8. The van der Waals surface area contributed by atoms with E-state index in [2.05, 4.69) is 40.6 Å². The van der Waals surface area contributed by atoms with Crippen LogP contribution in [0.3, 0.4) is 0 Å². The van der Waals surface area contributed by atoms with Crippen molar-refractivity contribution < 1.29 is 9.53 Å². The summed E-state index contributed by atoms with van der Waals surface area (Å²) in [6.07, 6.45) is 5.08. The molecule has 166 valence electrons. The lowest BCUT2D eigenvalue weighted by Gasteiger charge is -2.46. The van der Waals surface area contributed by atoms with Gasteiger partial charge in [-0.1, -0.05) is 48.5 Å². The van der Waals surface area contributed by atoms with Crippen molar-refractivity contribution >= 4 is 5.91 Å². The SMILES string of the molecule is CN1CCC2(CC1)CC(NC(=O)c1cnn(C)c1Cc1ccccc1)c1ccccc1O2. The molecule has 2 aliphatic heterocycles. The molecule has 1 spiro atoms. The molecule has 0 bridgehead atoms. The van der Waals surface area contributed by atoms with Gasteiger partial charge in [0.25, 0.3) is 5.91 Å². The predicted octanol–water partition coefficient (Wildman–Crippen LogP) is 3.73. The van der Waals surface area contributed by atoms with Crippen LogP contribution in [0.2, 0.25) is 0 Å². The zero-order valence-corrected chi connectivity index (χ0v) is 18.8. The monoisotopic (exact) mass is 430 g/mol. The number of hydrogen-bond donors (Lipinski definition) is 1. The van der Waals surface area contributed by atoms with E-state index < -0.39 is 0 Å². The Bertz CT molecular complexity index is 1100. The molecule has 0 saturated carbocycles. The Balaban J connectivity index is 1.40. The van der Waals surface area contributed by atoms with Crippen LogP contribution < -0.4 is 10.1 Å². The quantitative estimate of drug-likeness (QED) is 0.685. The van der Waals surface area contributed by atoms with E-state index in [4.69, 9.17) is 4.74 Å². The Labute approximate surface area is 189 Å². The van der Waals surface area contributed by atoms with Crippen LogP contribution >= 0.6 is 0 Å². The molecular formula is C26H30N4O2. The number of hydrogen-bond acceptors (Lipinski definition) is 4. The average molecular weight is 431 g/mol. The van der Waals surface area contributed by atoms with Gasteiger partial charge < -0.3 is 15.0 Å². The molecule has 1 N–H and O–H groups in total. The second-order valence-corrected chi connectivity index (χ2v) is 9.15. The molecule has 32 heavy (non-hydrogen) atoms. The summed E-state index contributed by atoms with van der Waals surface area (Å²) >= 11 is 0. The van der Waals surface area contributed by atoms with E-state index in [1.165, 1.54) is 0 Å². The molecule has 1 saturated heterocycles. The number of carbonyl (C=O) groups excluding carboxylic acids is 1. The van der Waals surface area contributed by atoms with Crippen LogP contribution in [0.15, 0.2) is 60.8 Å². The van der Waals surface area contributed by atoms with Gasteiger partial charge in [0, 0.05) is 38.5 Å². The van der Waals surface area contributed by atoms with Crippen molar-refractivity contribution in [2.75, 3.05) is 20.1 Å². The topological polar surface area (TPSA) is 59.4 Å². The maximum absolute atomic E-state index is 13.5. The lowest BCUT2D eigenvalue weighted by Crippen LogP contribution is -2.51. The first kappa shape index (κ1) is 20.8. The first-order valence-electron chi connectivity index (χ1n) is 11.4. The molecular weight excluding hydrogens is 400 g/mol. The highest BCUT2D eigenvalue weighted by molar-refractivity contribution is 5.95. The summed E-state index contributed by atoms with van der Waals surface area (Å²) < 4.78 is 8.34. The number of likely N-dealkylation sites (tertiary alicyclic amines) is 1. The maximum atomic E-state index is 13.5. The van der Waals surface area contributed by atoms with Gasteiger partial charge in [0.2, 0.25) is 0 Å². The second kappa shape index (κ2) is 8.43. The number of nitrogens with zero attached hydrogens (tertiary/aromatic N) is 3. The summed E-state index contributed by atoms with van der Waals surface area (Å²) in [6.45, 7) is 2.01. The Kier molecular flexibility index (Phi) is 5.47. The predicted molar refractivity (Wildman–Crippen MR) is 124 cm³/mol. The van der Waals surface area contributed by atoms with E-state index in [0.717, 1.165) is 54.9 Å². The minimum Gasteiger partial charge on any atom is -0.487 e. The molecule has 6 nitrogen and oxygen atoms in total. The number of rotatable bonds is 4. The van der Waals surface area contributed by atoms with Crippen LogP contribution in [0.5, 0.6) is 5.75 Å². The molecule has 0 aliphatic carbocycles. The Morgan fingerprint density at radius 3 is 2.59 bits per heavy atom. The van der Waals surface area contributed by atoms with Crippen molar-refractivity contribution in [1.82, 2.24) is 20.0 Å². The Morgan fingerprint density at radius 2 is 1.81 bits per heavy atom. The number of aromatic nitrogens is 2. The number of carbonyl (C=O) groups is 1. The number of ether oxygens (including phenoxy) is 1. The minimum atomic E-state index is -0.222. The molecule has 1 fully saturated rings. The largest absolute Gasteiger partial charge is 0.487 e. The summed E-state index contributed by atoms with van der Waals surface area (Å²) in [4.78, 5) is 15.8. The van der Waals surface area contributed by atoms with Crippen LogP contribution in [-0.4, -0.2) is 46.3 Å². The van der Waals surface area contributed by atoms with Gasteiger partial charge in [0.1, 0.15) is 11.4 Å². The van der Waals surface area contributed by atoms with Gasteiger partial charge in [0.05, 0.1) is 23.5 Å². The van der Waals surface area contributed by atoms with E-state index >= 15 is 0 Å². The molecule has 3 aromatic rings. The first-order valence-corrected chi connectivity index (χ1v) is 11.4. The number of aryl methyl sites for hydroxylation is 1. The molecule has 2 aromatic carbocycles. The van der Waals surface area contributed by atoms with Gasteiger partial charge in [-0.2, -0.15) is 5.10 Å². The van der Waals surface area contributed by atoms with Gasteiger partial charge in [-0.05, 0) is 31.5 Å². The third kappa shape index (κ3) is 4.02. The van der Waals surface area contributed by atoms with Crippen molar-refractivity contribution in [3.63, 3.8) is 0 Å². The third-order valence-corrected chi connectivity index (χ3v) is 6.92. The van der Waals surface area contributed by atoms with Crippen molar-refractivity contribution in [1.29, 1.82) is 0 Å². The lowest BCUT2D eigenvalue weighted by molar-refractivity contribution is -0.0195. The van der Waals surface area contributed by atoms with E-state index in [0.29, 0.717) is 12.0 Å². The fraction of sp³-hybridized carbons (Fsp3) is 0.385. The highest BCUT2D eigenvalue weighted by Gasteiger charge is 2.43. The van der Waals surface area contributed by atoms with Crippen LogP contribution in [0.1, 0.15) is 52.5 Å².